The van der Waals surface area contributed by atoms with Gasteiger partial charge >= 0.3 is 0 Å². The average molecular weight is 258 g/mol. The summed E-state index contributed by atoms with van der Waals surface area (Å²) in [6.07, 6.45) is 3.00. The van der Waals surface area contributed by atoms with Gasteiger partial charge in [-0.25, -0.2) is 0 Å². The summed E-state index contributed by atoms with van der Waals surface area (Å²) in [6.45, 7) is 1.98. The van der Waals surface area contributed by atoms with Crippen LogP contribution in [-0.4, -0.2) is 18.0 Å². The van der Waals surface area contributed by atoms with Crippen molar-refractivity contribution < 1.29 is 9.53 Å². The third kappa shape index (κ3) is 3.61. The minimum atomic E-state index is -0.0153. The topological polar surface area (TPSA) is 54.1 Å². The number of hydrogen-bond donors (Lipinski definition) is 2. The van der Waals surface area contributed by atoms with Crippen molar-refractivity contribution in [3.05, 3.63) is 47.8 Å². The van der Waals surface area contributed by atoms with Crippen LogP contribution in [0.25, 0.3) is 0 Å². The van der Waals surface area contributed by atoms with Gasteiger partial charge in [-0.1, -0.05) is 6.07 Å². The minimum Gasteiger partial charge on any atom is -0.495 e. The molecule has 1 aromatic heterocycles. The Morgan fingerprint density at radius 2 is 2.21 bits per heavy atom. The van der Waals surface area contributed by atoms with Gasteiger partial charge in [0, 0.05) is 18.3 Å². The number of aromatic amines is 1. The van der Waals surface area contributed by atoms with E-state index in [9.17, 15) is 4.79 Å². The van der Waals surface area contributed by atoms with Crippen molar-refractivity contribution in [2.45, 2.75) is 19.8 Å². The van der Waals surface area contributed by atoms with Gasteiger partial charge in [0.05, 0.1) is 12.8 Å². The molecular formula is C15H18N2O2. The number of amides is 1. The molecule has 2 N–H and O–H groups in total. The standard InChI is InChI=1S/C15H18N2O2/c1-11-5-7-14(19-2)13(10-11)17-15(18)8-6-12-4-3-9-16-12/h3-5,7,9-10,16H,6,8H2,1-2H3,(H,17,18). The number of H-pyrrole nitrogens is 1. The van der Waals surface area contributed by atoms with Crippen LogP contribution >= 0.6 is 0 Å². The average Bonchev–Trinajstić information content (AvgIpc) is 2.90. The molecule has 2 aromatic rings. The Balaban J connectivity index is 1.96. The number of nitrogens with one attached hydrogen (secondary N) is 2. The molecule has 0 unspecified atom stereocenters. The summed E-state index contributed by atoms with van der Waals surface area (Å²) in [4.78, 5) is 15.0. The van der Waals surface area contributed by atoms with Crippen LogP contribution in [0.1, 0.15) is 17.7 Å². The highest BCUT2D eigenvalue weighted by molar-refractivity contribution is 5.92. The van der Waals surface area contributed by atoms with Crippen LogP contribution in [0.2, 0.25) is 0 Å². The number of ether oxygens (including phenoxy) is 1. The molecule has 1 amide bonds. The van der Waals surface area contributed by atoms with E-state index in [1.807, 2.05) is 43.5 Å². The van der Waals surface area contributed by atoms with E-state index in [1.165, 1.54) is 0 Å². The molecule has 0 aliphatic rings. The molecule has 0 aliphatic heterocycles. The van der Waals surface area contributed by atoms with Gasteiger partial charge in [-0.3, -0.25) is 4.79 Å². The van der Waals surface area contributed by atoms with E-state index in [-0.39, 0.29) is 5.91 Å². The molecule has 0 aliphatic carbocycles. The molecule has 0 radical (unpaired) electrons. The second-order valence-electron chi connectivity index (χ2n) is 4.45. The highest BCUT2D eigenvalue weighted by Gasteiger charge is 2.08. The Morgan fingerprint density at radius 3 is 2.89 bits per heavy atom. The summed E-state index contributed by atoms with van der Waals surface area (Å²) in [5.74, 6) is 0.664. The van der Waals surface area contributed by atoms with Crippen molar-refractivity contribution >= 4 is 11.6 Å². The van der Waals surface area contributed by atoms with Crippen LogP contribution in [0.5, 0.6) is 5.75 Å². The predicted octanol–water partition coefficient (Wildman–Crippen LogP) is 2.90. The number of methoxy groups -OCH3 is 1. The number of aromatic nitrogens is 1. The molecule has 100 valence electrons. The lowest BCUT2D eigenvalue weighted by molar-refractivity contribution is -0.116. The van der Waals surface area contributed by atoms with E-state index in [2.05, 4.69) is 10.3 Å². The maximum Gasteiger partial charge on any atom is 0.224 e. The Hall–Kier alpha value is -2.23. The van der Waals surface area contributed by atoms with Crippen molar-refractivity contribution in [3.63, 3.8) is 0 Å². The molecule has 0 bridgehead atoms. The van der Waals surface area contributed by atoms with Crippen LogP contribution in [0.15, 0.2) is 36.5 Å². The van der Waals surface area contributed by atoms with Crippen molar-refractivity contribution in [1.29, 1.82) is 0 Å². The Labute approximate surface area is 112 Å². The summed E-state index contributed by atoms with van der Waals surface area (Å²) in [5.41, 5.74) is 2.87. The number of rotatable bonds is 5. The summed E-state index contributed by atoms with van der Waals surface area (Å²) in [6, 6.07) is 9.62. The van der Waals surface area contributed by atoms with Crippen molar-refractivity contribution in [1.82, 2.24) is 4.98 Å². The molecule has 0 saturated carbocycles. The highest BCUT2D eigenvalue weighted by Crippen LogP contribution is 2.25. The third-order valence-corrected chi connectivity index (χ3v) is 2.91. The molecule has 2 rings (SSSR count). The SMILES string of the molecule is COc1ccc(C)cc1NC(=O)CCc1ccc[nH]1. The lowest BCUT2D eigenvalue weighted by atomic mass is 10.2. The molecule has 0 atom stereocenters. The fraction of sp³-hybridized carbons (Fsp3) is 0.267. The molecule has 4 heteroatoms. The van der Waals surface area contributed by atoms with E-state index in [4.69, 9.17) is 4.74 Å². The lowest BCUT2D eigenvalue weighted by Crippen LogP contribution is -2.13. The summed E-state index contributed by atoms with van der Waals surface area (Å²) in [7, 11) is 1.60. The number of carbonyl (C=O) groups excluding carboxylic acids is 1. The number of benzene rings is 1. The van der Waals surface area contributed by atoms with Crippen LogP contribution in [0, 0.1) is 6.92 Å². The van der Waals surface area contributed by atoms with Gasteiger partial charge in [0.1, 0.15) is 5.75 Å². The maximum atomic E-state index is 11.9. The van der Waals surface area contributed by atoms with Gasteiger partial charge < -0.3 is 15.0 Å². The number of hydrogen-bond acceptors (Lipinski definition) is 2. The summed E-state index contributed by atoms with van der Waals surface area (Å²) < 4.78 is 5.23. The van der Waals surface area contributed by atoms with Crippen LogP contribution in [-0.2, 0) is 11.2 Å². The first-order valence-corrected chi connectivity index (χ1v) is 6.26. The molecule has 4 nitrogen and oxygen atoms in total. The molecular weight excluding hydrogens is 240 g/mol. The number of carbonyl (C=O) groups is 1. The Kier molecular flexibility index (Phi) is 4.23. The van der Waals surface area contributed by atoms with Gasteiger partial charge in [0.15, 0.2) is 0 Å². The van der Waals surface area contributed by atoms with Crippen molar-refractivity contribution in [2.24, 2.45) is 0 Å². The van der Waals surface area contributed by atoms with Gasteiger partial charge in [-0.05, 0) is 43.2 Å². The van der Waals surface area contributed by atoms with Gasteiger partial charge in [-0.2, -0.15) is 0 Å². The molecule has 0 fully saturated rings. The quantitative estimate of drug-likeness (QED) is 0.866. The maximum absolute atomic E-state index is 11.9. The third-order valence-electron chi connectivity index (χ3n) is 2.91. The van der Waals surface area contributed by atoms with E-state index in [0.717, 1.165) is 16.9 Å². The molecule has 1 aromatic carbocycles. The number of aryl methyl sites for hydroxylation is 2. The lowest BCUT2D eigenvalue weighted by Gasteiger charge is -2.10. The van der Waals surface area contributed by atoms with Crippen molar-refractivity contribution in [3.8, 4) is 5.75 Å². The summed E-state index contributed by atoms with van der Waals surface area (Å²) in [5, 5.41) is 2.89. The van der Waals surface area contributed by atoms with Gasteiger partial charge in [0.25, 0.3) is 0 Å². The fourth-order valence-electron chi connectivity index (χ4n) is 1.90. The highest BCUT2D eigenvalue weighted by atomic mass is 16.5. The fourth-order valence-corrected chi connectivity index (χ4v) is 1.90. The summed E-state index contributed by atoms with van der Waals surface area (Å²) >= 11 is 0. The van der Waals surface area contributed by atoms with Crippen LogP contribution < -0.4 is 10.1 Å². The predicted molar refractivity (Wildman–Crippen MR) is 75.5 cm³/mol. The zero-order valence-corrected chi connectivity index (χ0v) is 11.2. The first-order chi connectivity index (χ1) is 9.19. The first kappa shape index (κ1) is 13.2. The normalized spacial score (nSPS) is 10.2. The second kappa shape index (κ2) is 6.09. The molecule has 0 saturated heterocycles. The molecule has 1 heterocycles. The van der Waals surface area contributed by atoms with Crippen LogP contribution in [0.3, 0.4) is 0 Å². The van der Waals surface area contributed by atoms with Crippen LogP contribution in [0.4, 0.5) is 5.69 Å². The van der Waals surface area contributed by atoms with E-state index >= 15 is 0 Å². The Bertz CT molecular complexity index is 547. The number of anilines is 1. The monoisotopic (exact) mass is 258 g/mol. The van der Waals surface area contributed by atoms with E-state index in [1.54, 1.807) is 7.11 Å². The smallest absolute Gasteiger partial charge is 0.224 e. The largest absolute Gasteiger partial charge is 0.495 e. The zero-order valence-electron chi connectivity index (χ0n) is 11.2. The molecule has 19 heavy (non-hydrogen) atoms. The Morgan fingerprint density at radius 1 is 1.37 bits per heavy atom. The molecule has 0 spiro atoms. The van der Waals surface area contributed by atoms with Gasteiger partial charge in [0.2, 0.25) is 5.91 Å². The van der Waals surface area contributed by atoms with E-state index in [0.29, 0.717) is 18.6 Å². The minimum absolute atomic E-state index is 0.0153. The van der Waals surface area contributed by atoms with Crippen molar-refractivity contribution in [2.75, 3.05) is 12.4 Å². The second-order valence-corrected chi connectivity index (χ2v) is 4.45. The van der Waals surface area contributed by atoms with E-state index < -0.39 is 0 Å². The first-order valence-electron chi connectivity index (χ1n) is 6.26. The van der Waals surface area contributed by atoms with Gasteiger partial charge in [-0.15, -0.1) is 0 Å². The zero-order chi connectivity index (χ0) is 13.7.